The van der Waals surface area contributed by atoms with E-state index in [2.05, 4.69) is 9.88 Å². The van der Waals surface area contributed by atoms with Gasteiger partial charge in [-0.05, 0) is 36.8 Å². The predicted molar refractivity (Wildman–Crippen MR) is 118 cm³/mol. The third kappa shape index (κ3) is 4.69. The third-order valence-electron chi connectivity index (χ3n) is 5.65. The van der Waals surface area contributed by atoms with E-state index in [0.29, 0.717) is 63.1 Å². The minimum Gasteiger partial charge on any atom is -0.379 e. The molecule has 2 aliphatic rings. The summed E-state index contributed by atoms with van der Waals surface area (Å²) in [5.41, 5.74) is 1.18. The molecule has 1 aromatic heterocycles. The molecule has 0 radical (unpaired) electrons. The molecule has 0 bridgehead atoms. The van der Waals surface area contributed by atoms with E-state index in [1.807, 2.05) is 13.0 Å². The van der Waals surface area contributed by atoms with Crippen molar-refractivity contribution in [2.75, 3.05) is 57.4 Å². The second-order valence-electron chi connectivity index (χ2n) is 7.61. The molecular weight excluding hydrogens is 440 g/mol. The fraction of sp³-hybridized carbons (Fsp3) is 0.429. The number of piperazine rings is 1. The molecule has 0 aliphatic carbocycles. The second-order valence-corrected chi connectivity index (χ2v) is 9.98. The Bertz CT molecular complexity index is 1050. The first-order valence-electron chi connectivity index (χ1n) is 10.2. The van der Waals surface area contributed by atoms with Crippen LogP contribution >= 0.6 is 11.6 Å². The Morgan fingerprint density at radius 3 is 2.39 bits per heavy atom. The van der Waals surface area contributed by atoms with E-state index in [-0.39, 0.29) is 10.8 Å². The van der Waals surface area contributed by atoms with Gasteiger partial charge in [0.1, 0.15) is 5.82 Å². The number of nitrogens with zero attached hydrogens (tertiary/aromatic N) is 4. The molecule has 10 heteroatoms. The van der Waals surface area contributed by atoms with Crippen molar-refractivity contribution in [3.63, 3.8) is 0 Å². The molecular formula is C21H25ClN4O4S. The molecule has 0 atom stereocenters. The maximum absolute atomic E-state index is 13.2. The summed E-state index contributed by atoms with van der Waals surface area (Å²) in [5.74, 6) is 0.673. The van der Waals surface area contributed by atoms with Gasteiger partial charge in [-0.25, -0.2) is 13.4 Å². The SMILES string of the molecule is Cc1ccc(S(=O)(=O)N2CCOCC2)cc1C(=O)N1CCN(c2ccc(Cl)cn2)CC1. The molecule has 2 aliphatic heterocycles. The molecule has 0 N–H and O–H groups in total. The maximum atomic E-state index is 13.2. The minimum atomic E-state index is -3.66. The van der Waals surface area contributed by atoms with Crippen molar-refractivity contribution in [1.29, 1.82) is 0 Å². The van der Waals surface area contributed by atoms with E-state index < -0.39 is 10.0 Å². The molecule has 0 unspecified atom stereocenters. The van der Waals surface area contributed by atoms with Crippen LogP contribution in [0.1, 0.15) is 15.9 Å². The molecule has 0 saturated carbocycles. The number of carbonyl (C=O) groups excluding carboxylic acids is 1. The van der Waals surface area contributed by atoms with Crippen LogP contribution in [-0.4, -0.2) is 81.0 Å². The number of aromatic nitrogens is 1. The van der Waals surface area contributed by atoms with Gasteiger partial charge < -0.3 is 14.5 Å². The number of benzene rings is 1. The van der Waals surface area contributed by atoms with Crippen molar-refractivity contribution in [2.24, 2.45) is 0 Å². The zero-order valence-electron chi connectivity index (χ0n) is 17.3. The van der Waals surface area contributed by atoms with Gasteiger partial charge in [0.25, 0.3) is 5.91 Å². The second kappa shape index (κ2) is 9.12. The summed E-state index contributed by atoms with van der Waals surface area (Å²) in [6.07, 6.45) is 1.61. The van der Waals surface area contributed by atoms with E-state index in [9.17, 15) is 13.2 Å². The van der Waals surface area contributed by atoms with Crippen LogP contribution in [0, 0.1) is 6.92 Å². The van der Waals surface area contributed by atoms with E-state index in [4.69, 9.17) is 16.3 Å². The average Bonchev–Trinajstić information content (AvgIpc) is 2.80. The number of amides is 1. The molecule has 1 amide bonds. The first-order valence-corrected chi connectivity index (χ1v) is 12.0. The zero-order chi connectivity index (χ0) is 22.0. The Morgan fingerprint density at radius 1 is 1.03 bits per heavy atom. The number of carbonyl (C=O) groups is 1. The highest BCUT2D eigenvalue weighted by molar-refractivity contribution is 7.89. The Hall–Kier alpha value is -2.20. The van der Waals surface area contributed by atoms with Gasteiger partial charge in [0.2, 0.25) is 10.0 Å². The normalized spacial score (nSPS) is 18.3. The third-order valence-corrected chi connectivity index (χ3v) is 7.77. The van der Waals surface area contributed by atoms with Crippen LogP contribution in [0.25, 0.3) is 0 Å². The highest BCUT2D eigenvalue weighted by Crippen LogP contribution is 2.23. The lowest BCUT2D eigenvalue weighted by Crippen LogP contribution is -2.49. The fourth-order valence-electron chi connectivity index (χ4n) is 3.79. The Morgan fingerprint density at radius 2 is 1.74 bits per heavy atom. The number of halogens is 1. The van der Waals surface area contributed by atoms with Crippen molar-refractivity contribution in [3.8, 4) is 0 Å². The molecule has 1 aromatic carbocycles. The number of rotatable bonds is 4. The topological polar surface area (TPSA) is 83.0 Å². The Labute approximate surface area is 187 Å². The number of ether oxygens (including phenoxy) is 1. The molecule has 31 heavy (non-hydrogen) atoms. The van der Waals surface area contributed by atoms with E-state index in [0.717, 1.165) is 11.4 Å². The van der Waals surface area contributed by atoms with Crippen LogP contribution < -0.4 is 4.90 Å². The summed E-state index contributed by atoms with van der Waals surface area (Å²) in [4.78, 5) is 21.6. The molecule has 2 saturated heterocycles. The highest BCUT2D eigenvalue weighted by atomic mass is 35.5. The summed E-state index contributed by atoms with van der Waals surface area (Å²) < 4.78 is 32.7. The van der Waals surface area contributed by atoms with Gasteiger partial charge in [0, 0.05) is 51.0 Å². The average molecular weight is 465 g/mol. The van der Waals surface area contributed by atoms with Crippen LogP contribution in [0.5, 0.6) is 0 Å². The lowest BCUT2D eigenvalue weighted by atomic mass is 10.1. The van der Waals surface area contributed by atoms with Crippen molar-refractivity contribution in [2.45, 2.75) is 11.8 Å². The van der Waals surface area contributed by atoms with Crippen LogP contribution in [0.3, 0.4) is 0 Å². The molecule has 2 aromatic rings. The van der Waals surface area contributed by atoms with Crippen LogP contribution in [0.4, 0.5) is 5.82 Å². The van der Waals surface area contributed by atoms with Gasteiger partial charge in [-0.3, -0.25) is 4.79 Å². The number of pyridine rings is 1. The van der Waals surface area contributed by atoms with E-state index in [1.165, 1.54) is 10.4 Å². The van der Waals surface area contributed by atoms with Crippen LogP contribution in [0.2, 0.25) is 5.02 Å². The van der Waals surface area contributed by atoms with Crippen LogP contribution in [0.15, 0.2) is 41.4 Å². The molecule has 3 heterocycles. The maximum Gasteiger partial charge on any atom is 0.254 e. The number of hydrogen-bond acceptors (Lipinski definition) is 6. The van der Waals surface area contributed by atoms with Gasteiger partial charge in [0.05, 0.1) is 23.1 Å². The van der Waals surface area contributed by atoms with E-state index in [1.54, 1.807) is 29.3 Å². The highest BCUT2D eigenvalue weighted by Gasteiger charge is 2.29. The predicted octanol–water partition coefficient (Wildman–Crippen LogP) is 2.03. The van der Waals surface area contributed by atoms with Crippen molar-refractivity contribution >= 4 is 33.3 Å². The van der Waals surface area contributed by atoms with Crippen molar-refractivity contribution in [1.82, 2.24) is 14.2 Å². The quantitative estimate of drug-likeness (QED) is 0.688. The standard InChI is InChI=1S/C21H25ClN4O4S/c1-16-2-4-18(31(28,29)26-10-12-30-13-11-26)14-19(16)21(27)25-8-6-24(7-9-25)20-5-3-17(22)15-23-20/h2-5,14-15H,6-13H2,1H3. The van der Waals surface area contributed by atoms with Gasteiger partial charge in [-0.15, -0.1) is 0 Å². The first-order chi connectivity index (χ1) is 14.9. The summed E-state index contributed by atoms with van der Waals surface area (Å²) >= 11 is 5.91. The monoisotopic (exact) mass is 464 g/mol. The van der Waals surface area contributed by atoms with E-state index >= 15 is 0 Å². The summed E-state index contributed by atoms with van der Waals surface area (Å²) in [6.45, 7) is 5.57. The summed E-state index contributed by atoms with van der Waals surface area (Å²) in [6, 6.07) is 8.44. The van der Waals surface area contributed by atoms with Crippen molar-refractivity contribution < 1.29 is 17.9 Å². The molecule has 166 valence electrons. The molecule has 2 fully saturated rings. The number of hydrogen-bond donors (Lipinski definition) is 0. The van der Waals surface area contributed by atoms with Gasteiger partial charge in [-0.1, -0.05) is 17.7 Å². The summed E-state index contributed by atoms with van der Waals surface area (Å²) in [7, 11) is -3.66. The van der Waals surface area contributed by atoms with Crippen molar-refractivity contribution in [3.05, 3.63) is 52.7 Å². The zero-order valence-corrected chi connectivity index (χ0v) is 18.9. The smallest absolute Gasteiger partial charge is 0.254 e. The molecule has 4 rings (SSSR count). The Balaban J connectivity index is 1.48. The summed E-state index contributed by atoms with van der Waals surface area (Å²) in [5, 5.41) is 0.583. The lowest BCUT2D eigenvalue weighted by molar-refractivity contribution is 0.0729. The minimum absolute atomic E-state index is 0.146. The fourth-order valence-corrected chi connectivity index (χ4v) is 5.34. The number of anilines is 1. The number of sulfonamides is 1. The largest absolute Gasteiger partial charge is 0.379 e. The van der Waals surface area contributed by atoms with Gasteiger partial charge >= 0.3 is 0 Å². The van der Waals surface area contributed by atoms with Gasteiger partial charge in [0.15, 0.2) is 0 Å². The van der Waals surface area contributed by atoms with Gasteiger partial charge in [-0.2, -0.15) is 4.31 Å². The molecule has 8 nitrogen and oxygen atoms in total. The molecule has 0 spiro atoms. The van der Waals surface area contributed by atoms with Crippen LogP contribution in [-0.2, 0) is 14.8 Å². The lowest BCUT2D eigenvalue weighted by Gasteiger charge is -2.35. The number of aryl methyl sites for hydroxylation is 1. The Kier molecular flexibility index (Phi) is 6.47. The number of morpholine rings is 1. The first kappa shape index (κ1) is 22.0.